The molecule has 0 radical (unpaired) electrons. The van der Waals surface area contributed by atoms with E-state index in [1.165, 1.54) is 6.07 Å². The molecule has 0 aliphatic heterocycles. The van der Waals surface area contributed by atoms with Crippen molar-refractivity contribution in [3.63, 3.8) is 0 Å². The van der Waals surface area contributed by atoms with Gasteiger partial charge in [0.25, 0.3) is 10.0 Å². The molecule has 0 saturated heterocycles. The van der Waals surface area contributed by atoms with Gasteiger partial charge in [0.2, 0.25) is 0 Å². The van der Waals surface area contributed by atoms with Crippen LogP contribution in [0.15, 0.2) is 47.4 Å². The number of anilines is 3. The van der Waals surface area contributed by atoms with Gasteiger partial charge in [0.15, 0.2) is 0 Å². The summed E-state index contributed by atoms with van der Waals surface area (Å²) in [6.07, 6.45) is 0. The van der Waals surface area contributed by atoms with E-state index in [0.717, 1.165) is 12.1 Å². The summed E-state index contributed by atoms with van der Waals surface area (Å²) < 4.78 is 40.8. The fourth-order valence-corrected chi connectivity index (χ4v) is 3.02. The van der Waals surface area contributed by atoms with E-state index in [2.05, 4.69) is 4.72 Å². The molecule has 0 aromatic heterocycles. The molecule has 3 N–H and O–H groups in total. The molecule has 2 aromatic rings. The zero-order chi connectivity index (χ0) is 15.6. The molecule has 0 saturated carbocycles. The van der Waals surface area contributed by atoms with Crippen LogP contribution in [0.4, 0.5) is 21.5 Å². The third-order valence-electron chi connectivity index (χ3n) is 2.88. The summed E-state index contributed by atoms with van der Waals surface area (Å²) in [5.74, 6) is -0.884. The summed E-state index contributed by atoms with van der Waals surface area (Å²) in [5.41, 5.74) is 6.64. The Morgan fingerprint density at radius 2 is 1.81 bits per heavy atom. The molecule has 0 fully saturated rings. The van der Waals surface area contributed by atoms with Gasteiger partial charge in [0.05, 0.1) is 11.4 Å². The standard InChI is InChI=1S/C14H16FN3O2S/c1-18(2)13-6-4-3-5-12(13)17-21(19,20)14-8-7-10(16)9-11(14)15/h3-9,17H,16H2,1-2H3. The molecular formula is C14H16FN3O2S. The quantitative estimate of drug-likeness (QED) is 0.850. The molecule has 0 spiro atoms. The van der Waals surface area contributed by atoms with Crippen LogP contribution in [0.1, 0.15) is 0 Å². The molecule has 0 aliphatic carbocycles. The highest BCUT2D eigenvalue weighted by atomic mass is 32.2. The summed E-state index contributed by atoms with van der Waals surface area (Å²) in [6, 6.07) is 10.3. The number of para-hydroxylation sites is 2. The van der Waals surface area contributed by atoms with Gasteiger partial charge in [-0.3, -0.25) is 4.72 Å². The predicted octanol–water partition coefficient (Wildman–Crippen LogP) is 2.27. The second-order valence-corrected chi connectivity index (χ2v) is 6.36. The number of nitrogen functional groups attached to an aromatic ring is 1. The number of rotatable bonds is 4. The van der Waals surface area contributed by atoms with E-state index in [9.17, 15) is 12.8 Å². The van der Waals surface area contributed by atoms with Crippen molar-refractivity contribution in [2.75, 3.05) is 29.5 Å². The van der Waals surface area contributed by atoms with Crippen molar-refractivity contribution in [3.05, 3.63) is 48.3 Å². The largest absolute Gasteiger partial charge is 0.399 e. The van der Waals surface area contributed by atoms with Crippen molar-refractivity contribution in [3.8, 4) is 0 Å². The molecule has 0 amide bonds. The van der Waals surface area contributed by atoms with E-state index in [1.807, 2.05) is 0 Å². The first-order valence-corrected chi connectivity index (χ1v) is 7.64. The minimum atomic E-state index is -4.02. The third kappa shape index (κ3) is 3.25. The van der Waals surface area contributed by atoms with Crippen molar-refractivity contribution in [2.24, 2.45) is 0 Å². The first-order chi connectivity index (χ1) is 9.81. The van der Waals surface area contributed by atoms with Crippen LogP contribution in [-0.4, -0.2) is 22.5 Å². The maximum absolute atomic E-state index is 13.8. The molecule has 0 bridgehead atoms. The average Bonchev–Trinajstić information content (AvgIpc) is 2.37. The maximum Gasteiger partial charge on any atom is 0.264 e. The summed E-state index contributed by atoms with van der Waals surface area (Å²) in [4.78, 5) is 1.32. The van der Waals surface area contributed by atoms with Crippen LogP contribution in [0.3, 0.4) is 0 Å². The number of hydrogen-bond acceptors (Lipinski definition) is 4. The molecule has 2 rings (SSSR count). The Labute approximate surface area is 123 Å². The van der Waals surface area contributed by atoms with Gasteiger partial charge in [0.1, 0.15) is 10.7 Å². The number of halogens is 1. The van der Waals surface area contributed by atoms with Gasteiger partial charge in [-0.25, -0.2) is 12.8 Å². The van der Waals surface area contributed by atoms with E-state index in [1.54, 1.807) is 43.3 Å². The highest BCUT2D eigenvalue weighted by Gasteiger charge is 2.20. The Balaban J connectivity index is 2.43. The number of nitrogens with zero attached hydrogens (tertiary/aromatic N) is 1. The molecule has 5 nitrogen and oxygen atoms in total. The number of benzene rings is 2. The normalized spacial score (nSPS) is 11.2. The number of sulfonamides is 1. The van der Waals surface area contributed by atoms with Crippen LogP contribution in [0.5, 0.6) is 0 Å². The monoisotopic (exact) mass is 309 g/mol. The highest BCUT2D eigenvalue weighted by molar-refractivity contribution is 7.92. The Morgan fingerprint density at radius 3 is 2.43 bits per heavy atom. The summed E-state index contributed by atoms with van der Waals surface area (Å²) >= 11 is 0. The molecule has 0 atom stereocenters. The van der Waals surface area contributed by atoms with Gasteiger partial charge in [-0.1, -0.05) is 12.1 Å². The van der Waals surface area contributed by atoms with Crippen molar-refractivity contribution in [1.82, 2.24) is 0 Å². The van der Waals surface area contributed by atoms with E-state index < -0.39 is 20.7 Å². The number of nitrogens with one attached hydrogen (secondary N) is 1. The van der Waals surface area contributed by atoms with Crippen LogP contribution in [0.2, 0.25) is 0 Å². The molecule has 0 aliphatic rings. The predicted molar refractivity (Wildman–Crippen MR) is 82.4 cm³/mol. The highest BCUT2D eigenvalue weighted by Crippen LogP contribution is 2.27. The van der Waals surface area contributed by atoms with E-state index in [-0.39, 0.29) is 5.69 Å². The molecule has 0 heterocycles. The lowest BCUT2D eigenvalue weighted by Gasteiger charge is -2.18. The molecule has 2 aromatic carbocycles. The number of nitrogens with two attached hydrogens (primary N) is 1. The molecule has 112 valence electrons. The van der Waals surface area contributed by atoms with Gasteiger partial charge < -0.3 is 10.6 Å². The zero-order valence-electron chi connectivity index (χ0n) is 11.7. The van der Waals surface area contributed by atoms with Crippen molar-refractivity contribution >= 4 is 27.1 Å². The van der Waals surface area contributed by atoms with E-state index in [4.69, 9.17) is 5.73 Å². The second-order valence-electron chi connectivity index (χ2n) is 4.71. The van der Waals surface area contributed by atoms with Crippen LogP contribution in [0.25, 0.3) is 0 Å². The Kier molecular flexibility index (Phi) is 4.04. The third-order valence-corrected chi connectivity index (χ3v) is 4.27. The van der Waals surface area contributed by atoms with Gasteiger partial charge >= 0.3 is 0 Å². The van der Waals surface area contributed by atoms with Crippen molar-refractivity contribution in [2.45, 2.75) is 4.90 Å². The average molecular weight is 309 g/mol. The first-order valence-electron chi connectivity index (χ1n) is 6.15. The molecule has 7 heteroatoms. The SMILES string of the molecule is CN(C)c1ccccc1NS(=O)(=O)c1ccc(N)cc1F. The molecule has 21 heavy (non-hydrogen) atoms. The maximum atomic E-state index is 13.8. The fraction of sp³-hybridized carbons (Fsp3) is 0.143. The van der Waals surface area contributed by atoms with Gasteiger partial charge in [-0.15, -0.1) is 0 Å². The Morgan fingerprint density at radius 1 is 1.14 bits per heavy atom. The lowest BCUT2D eigenvalue weighted by molar-refractivity contribution is 0.571. The minimum absolute atomic E-state index is 0.167. The molecular weight excluding hydrogens is 293 g/mol. The minimum Gasteiger partial charge on any atom is -0.399 e. The summed E-state index contributed by atoms with van der Waals surface area (Å²) in [5, 5.41) is 0. The first kappa shape index (κ1) is 15.1. The van der Waals surface area contributed by atoms with Crippen molar-refractivity contribution in [1.29, 1.82) is 0 Å². The van der Waals surface area contributed by atoms with Gasteiger partial charge in [-0.2, -0.15) is 0 Å². The Bertz CT molecular complexity index is 761. The van der Waals surface area contributed by atoms with Gasteiger partial charge in [0, 0.05) is 19.8 Å². The lowest BCUT2D eigenvalue weighted by atomic mass is 10.2. The van der Waals surface area contributed by atoms with Crippen molar-refractivity contribution < 1.29 is 12.8 Å². The van der Waals surface area contributed by atoms with E-state index >= 15 is 0 Å². The van der Waals surface area contributed by atoms with Gasteiger partial charge in [-0.05, 0) is 30.3 Å². The number of hydrogen-bond donors (Lipinski definition) is 2. The van der Waals surface area contributed by atoms with Crippen LogP contribution in [0, 0.1) is 5.82 Å². The van der Waals surface area contributed by atoms with E-state index in [0.29, 0.717) is 11.4 Å². The van der Waals surface area contributed by atoms with Crippen LogP contribution in [-0.2, 0) is 10.0 Å². The second kappa shape index (κ2) is 5.61. The summed E-state index contributed by atoms with van der Waals surface area (Å²) in [7, 11) is -0.447. The lowest BCUT2D eigenvalue weighted by Crippen LogP contribution is -2.18. The smallest absolute Gasteiger partial charge is 0.264 e. The summed E-state index contributed by atoms with van der Waals surface area (Å²) in [6.45, 7) is 0. The van der Waals surface area contributed by atoms with Crippen LogP contribution >= 0.6 is 0 Å². The Hall–Kier alpha value is -2.28. The molecule has 0 unspecified atom stereocenters. The zero-order valence-corrected chi connectivity index (χ0v) is 12.5. The fourth-order valence-electron chi connectivity index (χ4n) is 1.88. The topological polar surface area (TPSA) is 75.4 Å². The van der Waals surface area contributed by atoms with Crippen LogP contribution < -0.4 is 15.4 Å².